The van der Waals surface area contributed by atoms with E-state index in [-0.39, 0.29) is 50.2 Å². The standard InChI is InChI=1S/C85H92BN3/c1-78(2,3)58-35-38-70(61(45-58)55-30-22-18-23-31-55)87-73-51-65-63(80(7,8)42-43-81(65,9)10)49-68(73)86-69-50-64-66(83(13,14)53-82(64,11)12)52-74(69)88(71-39-36-59(79(4,5)6)46-62(71)56-32-24-19-25-33-56)76-48-60(47-75(87)77(76)86)89-72-37-34-57(54-28-20-17-21-29-54)44-67(72)84(15)40-26-27-41-85(84,89)16/h17-25,28-39,44-52H,26-27,40-43,53H2,1-16H3. The first-order chi connectivity index (χ1) is 42.1. The maximum Gasteiger partial charge on any atom is 0.252 e. The maximum atomic E-state index is 2.87. The van der Waals surface area contributed by atoms with Gasteiger partial charge in [0, 0.05) is 50.7 Å². The zero-order chi connectivity index (χ0) is 62.3. The minimum absolute atomic E-state index is 0.0142. The van der Waals surface area contributed by atoms with E-state index in [4.69, 9.17) is 0 Å². The Labute approximate surface area is 533 Å². The van der Waals surface area contributed by atoms with Crippen LogP contribution in [-0.2, 0) is 37.9 Å². The number of nitrogens with zero attached hydrogens (tertiary/aromatic N) is 3. The Morgan fingerprint density at radius 1 is 0.348 bits per heavy atom. The van der Waals surface area contributed by atoms with Gasteiger partial charge in [0.1, 0.15) is 0 Å². The average molecular weight is 1170 g/mol. The second-order valence-electron chi connectivity index (χ2n) is 33.1. The van der Waals surface area contributed by atoms with Crippen molar-refractivity contribution in [2.75, 3.05) is 14.7 Å². The molecule has 3 aliphatic heterocycles. The fourth-order valence-corrected chi connectivity index (χ4v) is 18.2. The van der Waals surface area contributed by atoms with Gasteiger partial charge in [-0.3, -0.25) is 0 Å². The lowest BCUT2D eigenvalue weighted by Crippen LogP contribution is -2.62. The lowest BCUT2D eigenvalue weighted by molar-refractivity contribution is 0.195. The van der Waals surface area contributed by atoms with Gasteiger partial charge in [-0.15, -0.1) is 0 Å². The van der Waals surface area contributed by atoms with Crippen LogP contribution < -0.4 is 31.1 Å². The molecular formula is C85H92BN3. The first-order valence-corrected chi connectivity index (χ1v) is 33.7. The van der Waals surface area contributed by atoms with Gasteiger partial charge in [-0.25, -0.2) is 0 Å². The first-order valence-electron chi connectivity index (χ1n) is 33.7. The molecule has 0 spiro atoms. The van der Waals surface area contributed by atoms with Gasteiger partial charge >= 0.3 is 0 Å². The molecule has 3 nitrogen and oxygen atoms in total. The largest absolute Gasteiger partial charge is 0.334 e. The summed E-state index contributed by atoms with van der Waals surface area (Å²) >= 11 is 0. The van der Waals surface area contributed by atoms with Crippen LogP contribution in [0.3, 0.4) is 0 Å². The zero-order valence-corrected chi connectivity index (χ0v) is 56.2. The molecule has 0 saturated heterocycles. The second kappa shape index (κ2) is 19.5. The van der Waals surface area contributed by atoms with Gasteiger partial charge in [0.25, 0.3) is 6.71 Å². The van der Waals surface area contributed by atoms with E-state index in [9.17, 15) is 0 Å². The van der Waals surface area contributed by atoms with Crippen molar-refractivity contribution in [1.29, 1.82) is 0 Å². The number of anilines is 8. The molecule has 2 atom stereocenters. The second-order valence-corrected chi connectivity index (χ2v) is 33.1. The molecule has 0 amide bonds. The van der Waals surface area contributed by atoms with Crippen molar-refractivity contribution in [3.8, 4) is 33.4 Å². The highest BCUT2D eigenvalue weighted by Gasteiger charge is 2.59. The summed E-state index contributed by atoms with van der Waals surface area (Å²) in [4.78, 5) is 8.46. The molecule has 3 heterocycles. The van der Waals surface area contributed by atoms with E-state index in [1.54, 1.807) is 0 Å². The summed E-state index contributed by atoms with van der Waals surface area (Å²) < 4.78 is 0. The zero-order valence-electron chi connectivity index (χ0n) is 56.2. The predicted octanol–water partition coefficient (Wildman–Crippen LogP) is 21.4. The molecule has 0 N–H and O–H groups in total. The minimum atomic E-state index is -0.226. The summed E-state index contributed by atoms with van der Waals surface area (Å²) in [6.45, 7) is 39.5. The summed E-state index contributed by atoms with van der Waals surface area (Å²) in [5.41, 5.74) is 31.4. The Morgan fingerprint density at radius 2 is 0.775 bits per heavy atom. The number of hydrogen-bond acceptors (Lipinski definition) is 3. The van der Waals surface area contributed by atoms with Gasteiger partial charge < -0.3 is 14.7 Å². The fraction of sp³-hybridized carbons (Fsp3) is 0.365. The van der Waals surface area contributed by atoms with Gasteiger partial charge in [0.2, 0.25) is 0 Å². The van der Waals surface area contributed by atoms with Crippen molar-refractivity contribution >= 4 is 68.6 Å². The van der Waals surface area contributed by atoms with Crippen LogP contribution >= 0.6 is 0 Å². The minimum Gasteiger partial charge on any atom is -0.334 e. The van der Waals surface area contributed by atoms with Crippen molar-refractivity contribution in [3.05, 3.63) is 221 Å². The average Bonchev–Trinajstić information content (AvgIpc) is 1.65. The highest BCUT2D eigenvalue weighted by molar-refractivity contribution is 7.00. The van der Waals surface area contributed by atoms with Crippen molar-refractivity contribution in [2.24, 2.45) is 0 Å². The topological polar surface area (TPSA) is 9.72 Å². The SMILES string of the molecule is CC(C)(C)c1ccc(N2c3cc4c(cc3B3c5cc6c(cc5N(c5ccc(C(C)(C)C)cc5-c5ccccc5)c5cc(N7c8ccc(-c9ccccc9)cc8C8(C)CCCCC78C)cc2c53)C(C)(C)CC6(C)C)C(C)(C)CCC4(C)C)c(-c2ccccc2)c1. The molecule has 0 bridgehead atoms. The molecule has 1 saturated carbocycles. The van der Waals surface area contributed by atoms with Crippen molar-refractivity contribution < 1.29 is 0 Å². The third kappa shape index (κ3) is 8.71. The summed E-state index contributed by atoms with van der Waals surface area (Å²) in [5, 5.41) is 0. The normalized spacial score (nSPS) is 21.3. The number of benzene rings is 9. The first kappa shape index (κ1) is 57.9. The summed E-state index contributed by atoms with van der Waals surface area (Å²) in [7, 11) is 0. The number of rotatable bonds is 6. The molecule has 9 aromatic carbocycles. The lowest BCUT2D eigenvalue weighted by Gasteiger charge is -2.51. The predicted molar refractivity (Wildman–Crippen MR) is 383 cm³/mol. The van der Waals surface area contributed by atoms with E-state index in [0.717, 1.165) is 32.1 Å². The van der Waals surface area contributed by atoms with Crippen molar-refractivity contribution in [2.45, 2.75) is 199 Å². The van der Waals surface area contributed by atoms with E-state index in [1.165, 1.54) is 147 Å². The third-order valence-electron chi connectivity index (χ3n) is 23.4. The van der Waals surface area contributed by atoms with Gasteiger partial charge in [-0.05, 0) is 210 Å². The Balaban J connectivity index is 1.13. The van der Waals surface area contributed by atoms with Gasteiger partial charge in [0.15, 0.2) is 0 Å². The molecule has 0 aromatic heterocycles. The van der Waals surface area contributed by atoms with Crippen molar-refractivity contribution in [1.82, 2.24) is 0 Å². The fourth-order valence-electron chi connectivity index (χ4n) is 18.2. The van der Waals surface area contributed by atoms with Crippen LogP contribution in [0.5, 0.6) is 0 Å². The Hall–Kier alpha value is -7.56. The molecular weight excluding hydrogens is 1070 g/mol. The van der Waals surface area contributed by atoms with Crippen LogP contribution in [0.4, 0.5) is 45.5 Å². The molecule has 9 aromatic rings. The maximum absolute atomic E-state index is 2.87. The monoisotopic (exact) mass is 1170 g/mol. The number of fused-ring (bicyclic) bond motifs is 9. The lowest BCUT2D eigenvalue weighted by atomic mass is 9.33. The van der Waals surface area contributed by atoms with Crippen LogP contribution in [-0.4, -0.2) is 12.3 Å². The van der Waals surface area contributed by atoms with Crippen LogP contribution in [0, 0.1) is 0 Å². The van der Waals surface area contributed by atoms with E-state index in [0.29, 0.717) is 0 Å². The molecule has 2 unspecified atom stereocenters. The summed E-state index contributed by atoms with van der Waals surface area (Å²) in [6.07, 6.45) is 8.02. The van der Waals surface area contributed by atoms with Crippen molar-refractivity contribution in [3.63, 3.8) is 0 Å². The molecule has 6 aliphatic rings. The van der Waals surface area contributed by atoms with Crippen LogP contribution in [0.2, 0.25) is 0 Å². The Bertz CT molecular complexity index is 4360. The van der Waals surface area contributed by atoms with E-state index >= 15 is 0 Å². The molecule has 89 heavy (non-hydrogen) atoms. The highest BCUT2D eigenvalue weighted by atomic mass is 15.3. The smallest absolute Gasteiger partial charge is 0.252 e. The van der Waals surface area contributed by atoms with Crippen LogP contribution in [0.25, 0.3) is 33.4 Å². The summed E-state index contributed by atoms with van der Waals surface area (Å²) in [6, 6.07) is 72.5. The molecule has 4 heteroatoms. The molecule has 0 radical (unpaired) electrons. The van der Waals surface area contributed by atoms with E-state index in [1.807, 2.05) is 0 Å². The van der Waals surface area contributed by atoms with Gasteiger partial charge in [0.05, 0.1) is 16.9 Å². The third-order valence-corrected chi connectivity index (χ3v) is 23.4. The Kier molecular flexibility index (Phi) is 12.7. The molecule has 15 rings (SSSR count). The molecule has 450 valence electrons. The van der Waals surface area contributed by atoms with E-state index in [2.05, 4.69) is 307 Å². The Morgan fingerprint density at radius 3 is 1.26 bits per heavy atom. The molecule has 3 aliphatic carbocycles. The van der Waals surface area contributed by atoms with Crippen LogP contribution in [0.1, 0.15) is 195 Å². The highest BCUT2D eigenvalue weighted by Crippen LogP contribution is 2.63. The van der Waals surface area contributed by atoms with Gasteiger partial charge in [-0.2, -0.15) is 0 Å². The van der Waals surface area contributed by atoms with E-state index < -0.39 is 0 Å². The quantitative estimate of drug-likeness (QED) is 0.154. The van der Waals surface area contributed by atoms with Gasteiger partial charge in [-0.1, -0.05) is 238 Å². The number of hydrogen-bond donors (Lipinski definition) is 0. The molecule has 1 fully saturated rings. The summed E-state index contributed by atoms with van der Waals surface area (Å²) in [5.74, 6) is 0. The van der Waals surface area contributed by atoms with Crippen LogP contribution in [0.15, 0.2) is 182 Å².